The average molecular weight is 490 g/mol. The molecule has 8 nitrogen and oxygen atoms in total. The Kier molecular flexibility index (Phi) is 7.22. The molecule has 2 heterocycles. The van der Waals surface area contributed by atoms with Crippen LogP contribution in [0.25, 0.3) is 5.69 Å². The lowest BCUT2D eigenvalue weighted by Crippen LogP contribution is -2.46. The van der Waals surface area contributed by atoms with E-state index in [1.165, 1.54) is 0 Å². The van der Waals surface area contributed by atoms with Crippen molar-refractivity contribution in [2.75, 3.05) is 6.54 Å². The van der Waals surface area contributed by atoms with Crippen molar-refractivity contribution in [3.8, 4) is 5.69 Å². The molecular weight excluding hydrogens is 466 g/mol. The highest BCUT2D eigenvalue weighted by atomic mass is 35.5. The van der Waals surface area contributed by atoms with Gasteiger partial charge >= 0.3 is 5.69 Å². The van der Waals surface area contributed by atoms with E-state index >= 15 is 0 Å². The molecule has 1 amide bonds. The van der Waals surface area contributed by atoms with Gasteiger partial charge in [0.1, 0.15) is 0 Å². The fourth-order valence-corrected chi connectivity index (χ4v) is 3.75. The SMILES string of the molecule is Cc1ccc(-n2nc(C(=O)NCCc3ccccn3)c(=O)n(Cc3ccccc3Cl)c2=O)cc1C. The van der Waals surface area contributed by atoms with Crippen LogP contribution in [0.4, 0.5) is 0 Å². The molecular formula is C26H24ClN5O3. The monoisotopic (exact) mass is 489 g/mol. The highest BCUT2D eigenvalue weighted by molar-refractivity contribution is 6.31. The van der Waals surface area contributed by atoms with Crippen molar-refractivity contribution >= 4 is 17.5 Å². The average Bonchev–Trinajstić information content (AvgIpc) is 2.85. The smallest absolute Gasteiger partial charge is 0.350 e. The first-order chi connectivity index (χ1) is 16.8. The summed E-state index contributed by atoms with van der Waals surface area (Å²) >= 11 is 6.28. The number of nitrogens with one attached hydrogen (secondary N) is 1. The summed E-state index contributed by atoms with van der Waals surface area (Å²) in [6.45, 7) is 4.02. The van der Waals surface area contributed by atoms with Gasteiger partial charge in [0.05, 0.1) is 12.2 Å². The van der Waals surface area contributed by atoms with E-state index in [2.05, 4.69) is 15.4 Å². The molecule has 0 saturated heterocycles. The Bertz CT molecular complexity index is 1500. The van der Waals surface area contributed by atoms with E-state index in [9.17, 15) is 14.4 Å². The summed E-state index contributed by atoms with van der Waals surface area (Å²) in [7, 11) is 0. The Balaban J connectivity index is 1.75. The number of carbonyl (C=O) groups is 1. The number of nitrogens with zero attached hydrogens (tertiary/aromatic N) is 4. The summed E-state index contributed by atoms with van der Waals surface area (Å²) in [5.41, 5.74) is 1.99. The van der Waals surface area contributed by atoms with E-state index in [1.807, 2.05) is 38.1 Å². The van der Waals surface area contributed by atoms with Gasteiger partial charge in [-0.3, -0.25) is 19.1 Å². The number of benzene rings is 2. The van der Waals surface area contributed by atoms with Gasteiger partial charge < -0.3 is 5.32 Å². The molecule has 1 N–H and O–H groups in total. The molecule has 2 aromatic heterocycles. The number of amides is 1. The first-order valence-corrected chi connectivity index (χ1v) is 11.5. The van der Waals surface area contributed by atoms with E-state index in [0.717, 1.165) is 26.1 Å². The summed E-state index contributed by atoms with van der Waals surface area (Å²) in [6.07, 6.45) is 2.16. The van der Waals surface area contributed by atoms with Crippen LogP contribution in [-0.4, -0.2) is 31.8 Å². The largest absolute Gasteiger partial charge is 0.352 e. The lowest BCUT2D eigenvalue weighted by molar-refractivity contribution is 0.0944. The molecule has 0 radical (unpaired) electrons. The van der Waals surface area contributed by atoms with Crippen molar-refractivity contribution < 1.29 is 4.79 Å². The van der Waals surface area contributed by atoms with Crippen LogP contribution in [0, 0.1) is 13.8 Å². The van der Waals surface area contributed by atoms with Crippen molar-refractivity contribution in [1.29, 1.82) is 0 Å². The number of hydrogen-bond donors (Lipinski definition) is 1. The molecule has 4 rings (SSSR count). The minimum absolute atomic E-state index is 0.0983. The van der Waals surface area contributed by atoms with Crippen molar-refractivity contribution in [1.82, 2.24) is 24.6 Å². The van der Waals surface area contributed by atoms with Crippen molar-refractivity contribution in [3.05, 3.63) is 121 Å². The fraction of sp³-hybridized carbons (Fsp3) is 0.192. The normalized spacial score (nSPS) is 10.8. The Morgan fingerprint density at radius 1 is 1.00 bits per heavy atom. The van der Waals surface area contributed by atoms with E-state index < -0.39 is 17.2 Å². The number of hydrogen-bond acceptors (Lipinski definition) is 5. The third-order valence-corrected chi connectivity index (χ3v) is 6.06. The zero-order valence-electron chi connectivity index (χ0n) is 19.4. The summed E-state index contributed by atoms with van der Waals surface area (Å²) in [6, 6.07) is 17.8. The summed E-state index contributed by atoms with van der Waals surface area (Å²) in [4.78, 5) is 43.8. The third kappa shape index (κ3) is 5.38. The summed E-state index contributed by atoms with van der Waals surface area (Å²) in [5.74, 6) is -0.670. The molecule has 178 valence electrons. The van der Waals surface area contributed by atoms with Crippen LogP contribution < -0.4 is 16.6 Å². The van der Waals surface area contributed by atoms with Gasteiger partial charge in [0, 0.05) is 29.9 Å². The van der Waals surface area contributed by atoms with Crippen LogP contribution in [0.1, 0.15) is 32.9 Å². The summed E-state index contributed by atoms with van der Waals surface area (Å²) < 4.78 is 2.06. The topological polar surface area (TPSA) is 98.9 Å². The van der Waals surface area contributed by atoms with Crippen LogP contribution in [0.15, 0.2) is 76.4 Å². The highest BCUT2D eigenvalue weighted by Crippen LogP contribution is 2.15. The van der Waals surface area contributed by atoms with Crippen LogP contribution in [0.5, 0.6) is 0 Å². The standard InChI is InChI=1S/C26H24ClN5O3/c1-17-10-11-21(15-18(17)2)32-26(35)31(16-19-7-3-4-9-22(19)27)25(34)23(30-32)24(33)29-14-12-20-8-5-6-13-28-20/h3-11,13,15H,12,14,16H2,1-2H3,(H,29,33). The minimum atomic E-state index is -0.787. The molecule has 9 heteroatoms. The number of halogens is 1. The number of rotatable bonds is 7. The lowest BCUT2D eigenvalue weighted by Gasteiger charge is -2.14. The first kappa shape index (κ1) is 24.1. The van der Waals surface area contributed by atoms with Crippen molar-refractivity contribution in [3.63, 3.8) is 0 Å². The second-order valence-electron chi connectivity index (χ2n) is 8.12. The summed E-state index contributed by atoms with van der Waals surface area (Å²) in [5, 5.41) is 7.30. The van der Waals surface area contributed by atoms with Gasteiger partial charge in [0.15, 0.2) is 0 Å². The molecule has 35 heavy (non-hydrogen) atoms. The van der Waals surface area contributed by atoms with Crippen molar-refractivity contribution in [2.24, 2.45) is 0 Å². The predicted octanol–water partition coefficient (Wildman–Crippen LogP) is 3.08. The molecule has 0 unspecified atom stereocenters. The number of aromatic nitrogens is 4. The quantitative estimate of drug-likeness (QED) is 0.430. The molecule has 0 spiro atoms. The van der Waals surface area contributed by atoms with Crippen LogP contribution >= 0.6 is 11.6 Å². The number of pyridine rings is 1. The van der Waals surface area contributed by atoms with Gasteiger partial charge in [0.2, 0.25) is 5.69 Å². The number of carbonyl (C=O) groups excluding carboxylic acids is 1. The Morgan fingerprint density at radius 2 is 1.77 bits per heavy atom. The Labute approximate surface area is 206 Å². The fourth-order valence-electron chi connectivity index (χ4n) is 3.55. The van der Waals surface area contributed by atoms with Crippen LogP contribution in [0.2, 0.25) is 5.02 Å². The first-order valence-electron chi connectivity index (χ1n) is 11.1. The van der Waals surface area contributed by atoms with Gasteiger partial charge in [-0.15, -0.1) is 0 Å². The van der Waals surface area contributed by atoms with E-state index in [4.69, 9.17) is 11.6 Å². The Hall–Kier alpha value is -4.04. The minimum Gasteiger partial charge on any atom is -0.350 e. The van der Waals surface area contributed by atoms with Gasteiger partial charge in [0.25, 0.3) is 11.5 Å². The maximum atomic E-state index is 13.4. The molecule has 0 saturated carbocycles. The second-order valence-corrected chi connectivity index (χ2v) is 8.53. The molecule has 2 aromatic carbocycles. The Morgan fingerprint density at radius 3 is 2.49 bits per heavy atom. The zero-order chi connectivity index (χ0) is 24.9. The van der Waals surface area contributed by atoms with Gasteiger partial charge in [-0.25, -0.2) is 4.79 Å². The molecule has 0 aliphatic carbocycles. The molecule has 0 aliphatic rings. The predicted molar refractivity (Wildman–Crippen MR) is 134 cm³/mol. The van der Waals surface area contributed by atoms with E-state index in [0.29, 0.717) is 22.7 Å². The van der Waals surface area contributed by atoms with Crippen molar-refractivity contribution in [2.45, 2.75) is 26.8 Å². The highest BCUT2D eigenvalue weighted by Gasteiger charge is 2.21. The van der Waals surface area contributed by atoms with Gasteiger partial charge in [-0.1, -0.05) is 41.9 Å². The van der Waals surface area contributed by atoms with E-state index in [1.54, 1.807) is 42.6 Å². The maximum absolute atomic E-state index is 13.4. The maximum Gasteiger partial charge on any atom is 0.352 e. The van der Waals surface area contributed by atoms with Crippen LogP contribution in [-0.2, 0) is 13.0 Å². The van der Waals surface area contributed by atoms with Gasteiger partial charge in [-0.2, -0.15) is 9.78 Å². The third-order valence-electron chi connectivity index (χ3n) is 5.69. The molecule has 0 fully saturated rings. The number of aryl methyl sites for hydroxylation is 2. The second kappa shape index (κ2) is 10.5. The lowest BCUT2D eigenvalue weighted by atomic mass is 10.1. The molecule has 0 bridgehead atoms. The van der Waals surface area contributed by atoms with Crippen LogP contribution in [0.3, 0.4) is 0 Å². The molecule has 0 atom stereocenters. The zero-order valence-corrected chi connectivity index (χ0v) is 20.1. The molecule has 4 aromatic rings. The van der Waals surface area contributed by atoms with Gasteiger partial charge in [-0.05, 0) is 60.9 Å². The molecule has 0 aliphatic heterocycles. The van der Waals surface area contributed by atoms with E-state index in [-0.39, 0.29) is 18.8 Å².